The minimum Gasteiger partial charge on any atom is -0.319 e. The SMILES string of the molecule is CCC(CNC)c1nc(C2CCCCC2)cs1. The van der Waals surface area contributed by atoms with Crippen molar-refractivity contribution in [2.24, 2.45) is 0 Å². The van der Waals surface area contributed by atoms with Crippen LogP contribution in [0.25, 0.3) is 0 Å². The van der Waals surface area contributed by atoms with E-state index in [0.29, 0.717) is 5.92 Å². The standard InChI is InChI=1S/C14H24N2S/c1-3-11(9-15-2)14-16-13(10-17-14)12-7-5-4-6-8-12/h10-12,15H,3-9H2,1-2H3. The molecule has 1 saturated carbocycles. The molecule has 96 valence electrons. The van der Waals surface area contributed by atoms with Crippen molar-refractivity contribution >= 4 is 11.3 Å². The summed E-state index contributed by atoms with van der Waals surface area (Å²) in [6.45, 7) is 3.30. The molecule has 2 rings (SSSR count). The fraction of sp³-hybridized carbons (Fsp3) is 0.786. The molecule has 0 saturated heterocycles. The predicted octanol–water partition coefficient (Wildman–Crippen LogP) is 3.90. The van der Waals surface area contributed by atoms with Crippen LogP contribution < -0.4 is 5.32 Å². The monoisotopic (exact) mass is 252 g/mol. The molecular formula is C14H24N2S. The van der Waals surface area contributed by atoms with Gasteiger partial charge in [-0.2, -0.15) is 0 Å². The lowest BCUT2D eigenvalue weighted by molar-refractivity contribution is 0.436. The van der Waals surface area contributed by atoms with Crippen molar-refractivity contribution in [2.75, 3.05) is 13.6 Å². The minimum absolute atomic E-state index is 0.599. The fourth-order valence-corrected chi connectivity index (χ4v) is 3.81. The molecule has 1 aliphatic rings. The number of thiazole rings is 1. The first-order chi connectivity index (χ1) is 8.35. The summed E-state index contributed by atoms with van der Waals surface area (Å²) >= 11 is 1.86. The average molecular weight is 252 g/mol. The van der Waals surface area contributed by atoms with Crippen LogP contribution in [-0.2, 0) is 0 Å². The van der Waals surface area contributed by atoms with E-state index < -0.39 is 0 Å². The quantitative estimate of drug-likeness (QED) is 0.859. The third-order valence-electron chi connectivity index (χ3n) is 3.86. The number of hydrogen-bond acceptors (Lipinski definition) is 3. The van der Waals surface area contributed by atoms with Crippen LogP contribution in [0.2, 0.25) is 0 Å². The average Bonchev–Trinajstić information content (AvgIpc) is 2.86. The molecule has 1 aliphatic carbocycles. The van der Waals surface area contributed by atoms with Crippen molar-refractivity contribution in [3.8, 4) is 0 Å². The number of rotatable bonds is 5. The number of hydrogen-bond donors (Lipinski definition) is 1. The fourth-order valence-electron chi connectivity index (χ4n) is 2.73. The highest BCUT2D eigenvalue weighted by atomic mass is 32.1. The molecule has 1 atom stereocenters. The van der Waals surface area contributed by atoms with Crippen LogP contribution >= 0.6 is 11.3 Å². The van der Waals surface area contributed by atoms with Gasteiger partial charge in [-0.15, -0.1) is 11.3 Å². The predicted molar refractivity (Wildman–Crippen MR) is 74.9 cm³/mol. The first kappa shape index (κ1) is 13.0. The maximum absolute atomic E-state index is 4.90. The van der Waals surface area contributed by atoms with E-state index in [-0.39, 0.29) is 0 Å². The zero-order valence-corrected chi connectivity index (χ0v) is 11.9. The second-order valence-electron chi connectivity index (χ2n) is 5.11. The Balaban J connectivity index is 2.03. The van der Waals surface area contributed by atoms with Gasteiger partial charge in [-0.05, 0) is 26.3 Å². The molecule has 0 aliphatic heterocycles. The Bertz CT molecular complexity index is 309. The lowest BCUT2D eigenvalue weighted by atomic mass is 9.87. The van der Waals surface area contributed by atoms with Crippen molar-refractivity contribution in [3.05, 3.63) is 16.1 Å². The lowest BCUT2D eigenvalue weighted by Crippen LogP contribution is -2.16. The molecule has 17 heavy (non-hydrogen) atoms. The highest BCUT2D eigenvalue weighted by Gasteiger charge is 2.20. The normalized spacial score (nSPS) is 19.4. The zero-order valence-electron chi connectivity index (χ0n) is 11.0. The maximum atomic E-state index is 4.90. The number of nitrogens with one attached hydrogen (secondary N) is 1. The molecule has 1 unspecified atom stereocenters. The number of likely N-dealkylation sites (N-methyl/N-ethyl adjacent to an activating group) is 1. The van der Waals surface area contributed by atoms with Crippen molar-refractivity contribution < 1.29 is 0 Å². The first-order valence-electron chi connectivity index (χ1n) is 6.95. The van der Waals surface area contributed by atoms with Gasteiger partial charge in [0, 0.05) is 23.8 Å². The van der Waals surface area contributed by atoms with Crippen LogP contribution in [0, 0.1) is 0 Å². The van der Waals surface area contributed by atoms with Crippen molar-refractivity contribution in [3.63, 3.8) is 0 Å². The smallest absolute Gasteiger partial charge is 0.0971 e. The molecule has 0 bridgehead atoms. The molecule has 3 heteroatoms. The van der Waals surface area contributed by atoms with Gasteiger partial charge in [-0.3, -0.25) is 0 Å². The van der Waals surface area contributed by atoms with Gasteiger partial charge in [-0.1, -0.05) is 26.2 Å². The van der Waals surface area contributed by atoms with E-state index in [1.807, 2.05) is 18.4 Å². The second-order valence-corrected chi connectivity index (χ2v) is 6.00. The molecular weight excluding hydrogens is 228 g/mol. The summed E-state index contributed by atoms with van der Waals surface area (Å²) in [6, 6.07) is 0. The largest absolute Gasteiger partial charge is 0.319 e. The molecule has 1 aromatic heterocycles. The molecule has 2 nitrogen and oxygen atoms in total. The van der Waals surface area contributed by atoms with Crippen molar-refractivity contribution in [1.82, 2.24) is 10.3 Å². The molecule has 1 fully saturated rings. The third kappa shape index (κ3) is 3.29. The topological polar surface area (TPSA) is 24.9 Å². The number of aromatic nitrogens is 1. The molecule has 0 amide bonds. The molecule has 1 aromatic rings. The van der Waals surface area contributed by atoms with Crippen LogP contribution in [0.4, 0.5) is 0 Å². The lowest BCUT2D eigenvalue weighted by Gasteiger charge is -2.19. The molecule has 0 spiro atoms. The van der Waals surface area contributed by atoms with Crippen molar-refractivity contribution in [1.29, 1.82) is 0 Å². The Morgan fingerprint density at radius 1 is 1.41 bits per heavy atom. The minimum atomic E-state index is 0.599. The summed E-state index contributed by atoms with van der Waals surface area (Å²) in [5.74, 6) is 1.35. The van der Waals surface area contributed by atoms with Gasteiger partial charge in [0.15, 0.2) is 0 Å². The summed E-state index contributed by atoms with van der Waals surface area (Å²) in [5, 5.41) is 6.92. The zero-order chi connectivity index (χ0) is 12.1. The summed E-state index contributed by atoms with van der Waals surface area (Å²) in [4.78, 5) is 4.90. The van der Waals surface area contributed by atoms with Gasteiger partial charge in [0.25, 0.3) is 0 Å². The van der Waals surface area contributed by atoms with E-state index in [2.05, 4.69) is 17.6 Å². The highest BCUT2D eigenvalue weighted by Crippen LogP contribution is 2.34. The Kier molecular flexibility index (Phi) is 4.99. The van der Waals surface area contributed by atoms with E-state index in [9.17, 15) is 0 Å². The maximum Gasteiger partial charge on any atom is 0.0971 e. The van der Waals surface area contributed by atoms with Gasteiger partial charge in [-0.25, -0.2) is 4.98 Å². The molecule has 0 radical (unpaired) electrons. The Hall–Kier alpha value is -0.410. The Labute approximate surface area is 109 Å². The van der Waals surface area contributed by atoms with Crippen molar-refractivity contribution in [2.45, 2.75) is 57.3 Å². The van der Waals surface area contributed by atoms with Crippen LogP contribution in [0.5, 0.6) is 0 Å². The summed E-state index contributed by atoms with van der Waals surface area (Å²) in [5.41, 5.74) is 1.37. The van der Waals surface area contributed by atoms with Crippen LogP contribution in [0.3, 0.4) is 0 Å². The Morgan fingerprint density at radius 3 is 2.82 bits per heavy atom. The van der Waals surface area contributed by atoms with E-state index in [1.54, 1.807) is 0 Å². The van der Waals surface area contributed by atoms with E-state index in [1.165, 1.54) is 49.2 Å². The van der Waals surface area contributed by atoms with E-state index in [0.717, 1.165) is 12.5 Å². The summed E-state index contributed by atoms with van der Waals surface area (Å²) in [6.07, 6.45) is 8.10. The summed E-state index contributed by atoms with van der Waals surface area (Å²) < 4.78 is 0. The summed E-state index contributed by atoms with van der Waals surface area (Å²) in [7, 11) is 2.03. The van der Waals surface area contributed by atoms with E-state index >= 15 is 0 Å². The van der Waals surface area contributed by atoms with Crippen LogP contribution in [0.1, 0.15) is 68.0 Å². The second kappa shape index (κ2) is 6.50. The van der Waals surface area contributed by atoms with Crippen LogP contribution in [0.15, 0.2) is 5.38 Å². The van der Waals surface area contributed by atoms with Gasteiger partial charge in [0.1, 0.15) is 0 Å². The van der Waals surface area contributed by atoms with Gasteiger partial charge < -0.3 is 5.32 Å². The van der Waals surface area contributed by atoms with E-state index in [4.69, 9.17) is 4.98 Å². The molecule has 0 aromatic carbocycles. The number of nitrogens with zero attached hydrogens (tertiary/aromatic N) is 1. The third-order valence-corrected chi connectivity index (χ3v) is 4.88. The van der Waals surface area contributed by atoms with Gasteiger partial charge in [0.05, 0.1) is 10.7 Å². The Morgan fingerprint density at radius 2 is 2.18 bits per heavy atom. The van der Waals surface area contributed by atoms with Crippen LogP contribution in [-0.4, -0.2) is 18.6 Å². The van der Waals surface area contributed by atoms with Gasteiger partial charge >= 0.3 is 0 Å². The van der Waals surface area contributed by atoms with Gasteiger partial charge in [0.2, 0.25) is 0 Å². The molecule has 1 N–H and O–H groups in total. The highest BCUT2D eigenvalue weighted by molar-refractivity contribution is 7.09. The first-order valence-corrected chi connectivity index (χ1v) is 7.83. The molecule has 1 heterocycles.